The molecule has 98 valence electrons. The number of hydrogen-bond donors (Lipinski definition) is 0. The quantitative estimate of drug-likeness (QED) is 0.793. The van der Waals surface area contributed by atoms with Gasteiger partial charge in [0, 0.05) is 32.0 Å². The standard InChI is InChI=1S/C11H13Cl2N3O2/c12-9-7-8(10(13)15-14-9)16-3-1-11(2-4-16)17-5-6-18-11/h7H,1-6H2. The van der Waals surface area contributed by atoms with E-state index in [4.69, 9.17) is 32.7 Å². The molecule has 0 aromatic carbocycles. The van der Waals surface area contributed by atoms with Crippen molar-refractivity contribution in [2.75, 3.05) is 31.2 Å². The molecule has 0 radical (unpaired) electrons. The van der Waals surface area contributed by atoms with Gasteiger partial charge in [0.1, 0.15) is 0 Å². The molecule has 0 atom stereocenters. The molecule has 0 amide bonds. The second kappa shape index (κ2) is 4.81. The molecule has 0 unspecified atom stereocenters. The molecular formula is C11H13Cl2N3O2. The van der Waals surface area contributed by atoms with E-state index in [2.05, 4.69) is 15.1 Å². The van der Waals surface area contributed by atoms with Crippen LogP contribution >= 0.6 is 23.2 Å². The minimum Gasteiger partial charge on any atom is -0.368 e. The third-order valence-electron chi connectivity index (χ3n) is 3.38. The first-order chi connectivity index (χ1) is 8.69. The van der Waals surface area contributed by atoms with Crippen LogP contribution in [0.1, 0.15) is 12.8 Å². The highest BCUT2D eigenvalue weighted by Gasteiger charge is 2.40. The van der Waals surface area contributed by atoms with E-state index in [1.165, 1.54) is 0 Å². The summed E-state index contributed by atoms with van der Waals surface area (Å²) in [5.41, 5.74) is 0.824. The van der Waals surface area contributed by atoms with Crippen molar-refractivity contribution in [3.8, 4) is 0 Å². The lowest BCUT2D eigenvalue weighted by Crippen LogP contribution is -2.45. The van der Waals surface area contributed by atoms with Gasteiger partial charge in [-0.2, -0.15) is 0 Å². The van der Waals surface area contributed by atoms with Crippen molar-refractivity contribution in [1.29, 1.82) is 0 Å². The van der Waals surface area contributed by atoms with Gasteiger partial charge >= 0.3 is 0 Å². The molecule has 3 rings (SSSR count). The van der Waals surface area contributed by atoms with E-state index >= 15 is 0 Å². The maximum absolute atomic E-state index is 6.04. The third kappa shape index (κ3) is 2.28. The molecule has 0 N–H and O–H groups in total. The predicted octanol–water partition coefficient (Wildman–Crippen LogP) is 2.13. The lowest BCUT2D eigenvalue weighted by Gasteiger charge is -2.38. The van der Waals surface area contributed by atoms with Crippen molar-refractivity contribution in [2.24, 2.45) is 0 Å². The summed E-state index contributed by atoms with van der Waals surface area (Å²) in [5, 5.41) is 8.26. The van der Waals surface area contributed by atoms with E-state index < -0.39 is 0 Å². The molecular weight excluding hydrogens is 277 g/mol. The van der Waals surface area contributed by atoms with Crippen molar-refractivity contribution < 1.29 is 9.47 Å². The topological polar surface area (TPSA) is 47.5 Å². The second-order valence-electron chi connectivity index (χ2n) is 4.44. The minimum atomic E-state index is -0.382. The summed E-state index contributed by atoms with van der Waals surface area (Å²) in [5.74, 6) is -0.382. The molecule has 3 heterocycles. The van der Waals surface area contributed by atoms with Gasteiger partial charge in [-0.3, -0.25) is 0 Å². The van der Waals surface area contributed by atoms with E-state index in [1.807, 2.05) is 0 Å². The van der Waals surface area contributed by atoms with Crippen LogP contribution in [0.25, 0.3) is 0 Å². The van der Waals surface area contributed by atoms with Gasteiger partial charge in [0.2, 0.25) is 0 Å². The van der Waals surface area contributed by atoms with Crippen molar-refractivity contribution in [3.05, 3.63) is 16.4 Å². The Kier molecular flexibility index (Phi) is 3.32. The zero-order valence-corrected chi connectivity index (χ0v) is 11.2. The van der Waals surface area contributed by atoms with E-state index in [0.29, 0.717) is 23.5 Å². The Morgan fingerprint density at radius 1 is 1.11 bits per heavy atom. The molecule has 18 heavy (non-hydrogen) atoms. The Bertz CT molecular complexity index is 442. The van der Waals surface area contributed by atoms with Gasteiger partial charge in [0.25, 0.3) is 0 Å². The number of nitrogens with zero attached hydrogens (tertiary/aromatic N) is 3. The lowest BCUT2D eigenvalue weighted by atomic mass is 10.0. The fourth-order valence-electron chi connectivity index (χ4n) is 2.44. The smallest absolute Gasteiger partial charge is 0.175 e. The molecule has 0 saturated carbocycles. The van der Waals surface area contributed by atoms with Gasteiger partial charge < -0.3 is 14.4 Å². The Balaban J connectivity index is 1.74. The highest BCUT2D eigenvalue weighted by molar-refractivity contribution is 6.33. The van der Waals surface area contributed by atoms with E-state index in [9.17, 15) is 0 Å². The van der Waals surface area contributed by atoms with Crippen molar-refractivity contribution in [1.82, 2.24) is 10.2 Å². The highest BCUT2D eigenvalue weighted by Crippen LogP contribution is 2.35. The van der Waals surface area contributed by atoms with Crippen LogP contribution in [-0.2, 0) is 9.47 Å². The molecule has 7 heteroatoms. The van der Waals surface area contributed by atoms with Crippen LogP contribution in [0.15, 0.2) is 6.07 Å². The summed E-state index contributed by atoms with van der Waals surface area (Å²) in [4.78, 5) is 2.14. The summed E-state index contributed by atoms with van der Waals surface area (Å²) in [6, 6.07) is 1.74. The number of ether oxygens (including phenoxy) is 2. The molecule has 2 fully saturated rings. The van der Waals surface area contributed by atoms with E-state index in [-0.39, 0.29) is 5.79 Å². The first kappa shape index (κ1) is 12.4. The van der Waals surface area contributed by atoms with Gasteiger partial charge in [0.15, 0.2) is 16.1 Å². The normalized spacial score (nSPS) is 22.7. The van der Waals surface area contributed by atoms with Crippen LogP contribution in [0.5, 0.6) is 0 Å². The molecule has 5 nitrogen and oxygen atoms in total. The second-order valence-corrected chi connectivity index (χ2v) is 5.18. The average Bonchev–Trinajstić information content (AvgIpc) is 2.82. The summed E-state index contributed by atoms with van der Waals surface area (Å²) in [6.45, 7) is 2.98. The number of piperidine rings is 1. The summed E-state index contributed by atoms with van der Waals surface area (Å²) >= 11 is 11.9. The summed E-state index contributed by atoms with van der Waals surface area (Å²) in [7, 11) is 0. The maximum atomic E-state index is 6.04. The van der Waals surface area contributed by atoms with Gasteiger partial charge in [-0.25, -0.2) is 0 Å². The monoisotopic (exact) mass is 289 g/mol. The fraction of sp³-hybridized carbons (Fsp3) is 0.636. The third-order valence-corrected chi connectivity index (χ3v) is 3.83. The first-order valence-corrected chi connectivity index (χ1v) is 6.66. The number of halogens is 2. The van der Waals surface area contributed by atoms with Gasteiger partial charge in [0.05, 0.1) is 18.9 Å². The molecule has 1 spiro atoms. The highest BCUT2D eigenvalue weighted by atomic mass is 35.5. The van der Waals surface area contributed by atoms with Crippen LogP contribution in [0.2, 0.25) is 10.3 Å². The number of anilines is 1. The van der Waals surface area contributed by atoms with Crippen LogP contribution < -0.4 is 4.90 Å². The molecule has 2 aliphatic rings. The largest absolute Gasteiger partial charge is 0.368 e. The Hall–Kier alpha value is -0.620. The lowest BCUT2D eigenvalue weighted by molar-refractivity contribution is -0.169. The zero-order chi connectivity index (χ0) is 12.6. The van der Waals surface area contributed by atoms with Crippen LogP contribution in [-0.4, -0.2) is 42.3 Å². The van der Waals surface area contributed by atoms with Crippen LogP contribution in [0.4, 0.5) is 5.69 Å². The number of rotatable bonds is 1. The van der Waals surface area contributed by atoms with Crippen LogP contribution in [0.3, 0.4) is 0 Å². The first-order valence-electron chi connectivity index (χ1n) is 5.90. The average molecular weight is 290 g/mol. The number of hydrogen-bond acceptors (Lipinski definition) is 5. The molecule has 0 aliphatic carbocycles. The van der Waals surface area contributed by atoms with Crippen molar-refractivity contribution in [2.45, 2.75) is 18.6 Å². The summed E-state index contributed by atoms with van der Waals surface area (Å²) in [6.07, 6.45) is 1.65. The van der Waals surface area contributed by atoms with Crippen LogP contribution in [0, 0.1) is 0 Å². The number of aromatic nitrogens is 2. The molecule has 2 saturated heterocycles. The van der Waals surface area contributed by atoms with Gasteiger partial charge in [-0.1, -0.05) is 23.2 Å². The van der Waals surface area contributed by atoms with Gasteiger partial charge in [-0.05, 0) is 0 Å². The molecule has 2 aliphatic heterocycles. The zero-order valence-electron chi connectivity index (χ0n) is 9.73. The summed E-state index contributed by atoms with van der Waals surface area (Å²) < 4.78 is 11.4. The van der Waals surface area contributed by atoms with Gasteiger partial charge in [-0.15, -0.1) is 10.2 Å². The minimum absolute atomic E-state index is 0.350. The van der Waals surface area contributed by atoms with Crippen molar-refractivity contribution >= 4 is 28.9 Å². The fourth-order valence-corrected chi connectivity index (χ4v) is 2.79. The Morgan fingerprint density at radius 3 is 2.44 bits per heavy atom. The molecule has 1 aromatic heterocycles. The SMILES string of the molecule is Clc1cc(N2CCC3(CC2)OCCO3)c(Cl)nn1. The van der Waals surface area contributed by atoms with Crippen molar-refractivity contribution in [3.63, 3.8) is 0 Å². The maximum Gasteiger partial charge on any atom is 0.175 e. The predicted molar refractivity (Wildman–Crippen MR) is 68.1 cm³/mol. The Labute approximate surface area is 115 Å². The molecule has 0 bridgehead atoms. The van der Waals surface area contributed by atoms with E-state index in [1.54, 1.807) is 6.07 Å². The Morgan fingerprint density at radius 2 is 1.78 bits per heavy atom. The van der Waals surface area contributed by atoms with E-state index in [0.717, 1.165) is 31.6 Å². The molecule has 1 aromatic rings.